The van der Waals surface area contributed by atoms with Crippen LogP contribution in [0.15, 0.2) is 66.5 Å². The minimum atomic E-state index is -0.312. The number of hydrogen-bond acceptors (Lipinski definition) is 3. The zero-order valence-corrected chi connectivity index (χ0v) is 16.1. The minimum Gasteiger partial charge on any atom is -0.449 e. The molecule has 0 aromatic heterocycles. The molecule has 0 saturated heterocycles. The van der Waals surface area contributed by atoms with Crippen molar-refractivity contribution in [2.45, 2.75) is 45.8 Å². The van der Waals surface area contributed by atoms with E-state index in [1.807, 2.05) is 60.7 Å². The van der Waals surface area contributed by atoms with Gasteiger partial charge in [0, 0.05) is 17.0 Å². The fraction of sp³-hybridized carbons (Fsp3) is 0.348. The zero-order chi connectivity index (χ0) is 19.1. The fourth-order valence-electron chi connectivity index (χ4n) is 3.41. The number of benzene rings is 2. The summed E-state index contributed by atoms with van der Waals surface area (Å²) in [5, 5.41) is 6.48. The number of hydrogen-bond donors (Lipinski definition) is 2. The lowest BCUT2D eigenvalue weighted by atomic mass is 9.97. The molecule has 2 N–H and O–H groups in total. The molecule has 0 fully saturated rings. The molecule has 1 aliphatic rings. The van der Waals surface area contributed by atoms with Crippen LogP contribution in [0.4, 0.5) is 0 Å². The van der Waals surface area contributed by atoms with Crippen molar-refractivity contribution in [3.05, 3.63) is 77.7 Å². The van der Waals surface area contributed by atoms with Crippen molar-refractivity contribution >= 4 is 11.6 Å². The van der Waals surface area contributed by atoms with Crippen molar-refractivity contribution < 1.29 is 9.53 Å². The predicted octanol–water partition coefficient (Wildman–Crippen LogP) is 4.96. The maximum Gasteiger partial charge on any atom is 0.229 e. The van der Waals surface area contributed by atoms with Gasteiger partial charge in [0.1, 0.15) is 5.70 Å². The van der Waals surface area contributed by atoms with Crippen LogP contribution in [0.3, 0.4) is 0 Å². The van der Waals surface area contributed by atoms with E-state index in [1.54, 1.807) is 0 Å². The number of carbonyl (C=O) groups is 1. The van der Waals surface area contributed by atoms with E-state index >= 15 is 0 Å². The van der Waals surface area contributed by atoms with E-state index < -0.39 is 0 Å². The lowest BCUT2D eigenvalue weighted by Gasteiger charge is -2.17. The average Bonchev–Trinajstić information content (AvgIpc) is 3.13. The summed E-state index contributed by atoms with van der Waals surface area (Å²) in [4.78, 5) is 12.8. The third-order valence-corrected chi connectivity index (χ3v) is 4.78. The molecule has 142 valence electrons. The third kappa shape index (κ3) is 4.70. The molecule has 1 amide bonds. The topological polar surface area (TPSA) is 50.4 Å². The molecule has 1 aliphatic heterocycles. The van der Waals surface area contributed by atoms with Gasteiger partial charge < -0.3 is 10.1 Å². The highest BCUT2D eigenvalue weighted by Crippen LogP contribution is 2.31. The van der Waals surface area contributed by atoms with E-state index in [1.165, 1.54) is 0 Å². The van der Waals surface area contributed by atoms with Crippen LogP contribution in [0, 0.1) is 5.92 Å². The molecule has 0 bridgehead atoms. The lowest BCUT2D eigenvalue weighted by Crippen LogP contribution is -2.31. The van der Waals surface area contributed by atoms with Crippen LogP contribution < -0.4 is 10.6 Å². The standard InChI is InChI=1S/C23H28N2O2/c1-3-11-18(12-4-2)21(26)25-23-20(17-13-7-5-8-14-17)24-22(27-23)19-15-9-6-10-16-19/h5-10,13-16,18,22,24H,3-4,11-12H2,1-2H3,(H,25,26). The Morgan fingerprint density at radius 1 is 1.00 bits per heavy atom. The second kappa shape index (κ2) is 9.26. The molecule has 4 nitrogen and oxygen atoms in total. The summed E-state index contributed by atoms with van der Waals surface area (Å²) in [6.07, 6.45) is 3.46. The average molecular weight is 364 g/mol. The molecular formula is C23H28N2O2. The molecule has 27 heavy (non-hydrogen) atoms. The van der Waals surface area contributed by atoms with Gasteiger partial charge in [0.05, 0.1) is 0 Å². The largest absolute Gasteiger partial charge is 0.449 e. The van der Waals surface area contributed by atoms with Gasteiger partial charge >= 0.3 is 0 Å². The number of amides is 1. The molecule has 0 radical (unpaired) electrons. The van der Waals surface area contributed by atoms with Gasteiger partial charge in [-0.15, -0.1) is 0 Å². The Morgan fingerprint density at radius 2 is 1.59 bits per heavy atom. The molecule has 4 heteroatoms. The molecule has 0 spiro atoms. The molecule has 2 aromatic carbocycles. The van der Waals surface area contributed by atoms with E-state index in [9.17, 15) is 4.79 Å². The maximum absolute atomic E-state index is 12.8. The quantitative estimate of drug-likeness (QED) is 0.696. The van der Waals surface area contributed by atoms with Crippen molar-refractivity contribution in [1.29, 1.82) is 0 Å². The van der Waals surface area contributed by atoms with E-state index in [0.29, 0.717) is 5.88 Å². The molecule has 0 aliphatic carbocycles. The Hall–Kier alpha value is -2.75. The van der Waals surface area contributed by atoms with Crippen LogP contribution in [0.2, 0.25) is 0 Å². The van der Waals surface area contributed by atoms with Crippen LogP contribution in [-0.4, -0.2) is 5.91 Å². The van der Waals surface area contributed by atoms with Gasteiger partial charge in [0.15, 0.2) is 6.23 Å². The molecule has 0 saturated carbocycles. The summed E-state index contributed by atoms with van der Waals surface area (Å²) in [5.41, 5.74) is 2.84. The van der Waals surface area contributed by atoms with Crippen molar-refractivity contribution in [3.63, 3.8) is 0 Å². The van der Waals surface area contributed by atoms with E-state index in [2.05, 4.69) is 24.5 Å². The first-order valence-corrected chi connectivity index (χ1v) is 9.81. The molecule has 1 unspecified atom stereocenters. The first-order valence-electron chi connectivity index (χ1n) is 9.81. The summed E-state index contributed by atoms with van der Waals surface area (Å²) in [7, 11) is 0. The maximum atomic E-state index is 12.8. The van der Waals surface area contributed by atoms with Crippen LogP contribution in [-0.2, 0) is 9.53 Å². The Labute approximate surface area is 161 Å². The van der Waals surface area contributed by atoms with Crippen LogP contribution in [0.1, 0.15) is 56.9 Å². The van der Waals surface area contributed by atoms with Crippen molar-refractivity contribution in [3.8, 4) is 0 Å². The summed E-state index contributed by atoms with van der Waals surface area (Å²) >= 11 is 0. The van der Waals surface area contributed by atoms with Gasteiger partial charge in [-0.2, -0.15) is 0 Å². The highest BCUT2D eigenvalue weighted by atomic mass is 16.5. The third-order valence-electron chi connectivity index (χ3n) is 4.78. The molecule has 2 aromatic rings. The van der Waals surface area contributed by atoms with Gasteiger partial charge in [0.2, 0.25) is 11.8 Å². The van der Waals surface area contributed by atoms with Gasteiger partial charge in [0.25, 0.3) is 0 Å². The van der Waals surface area contributed by atoms with Crippen molar-refractivity contribution in [2.24, 2.45) is 5.92 Å². The van der Waals surface area contributed by atoms with E-state index in [0.717, 1.165) is 42.5 Å². The molecule has 3 rings (SSSR count). The smallest absolute Gasteiger partial charge is 0.229 e. The SMILES string of the molecule is CCCC(CCC)C(=O)NC1=C(c2ccccc2)NC(c2ccccc2)O1. The van der Waals surface area contributed by atoms with Crippen molar-refractivity contribution in [2.75, 3.05) is 0 Å². The fourth-order valence-corrected chi connectivity index (χ4v) is 3.41. The minimum absolute atomic E-state index is 0.0175. The Morgan fingerprint density at radius 3 is 2.19 bits per heavy atom. The lowest BCUT2D eigenvalue weighted by molar-refractivity contribution is -0.125. The summed E-state index contributed by atoms with van der Waals surface area (Å²) in [5.74, 6) is 0.568. The molecular weight excluding hydrogens is 336 g/mol. The first-order chi connectivity index (χ1) is 13.2. The van der Waals surface area contributed by atoms with Gasteiger partial charge in [-0.3, -0.25) is 10.1 Å². The monoisotopic (exact) mass is 364 g/mol. The summed E-state index contributed by atoms with van der Waals surface area (Å²) in [6.45, 7) is 4.23. The number of nitrogens with one attached hydrogen (secondary N) is 2. The summed E-state index contributed by atoms with van der Waals surface area (Å²) < 4.78 is 6.13. The number of rotatable bonds is 8. The highest BCUT2D eigenvalue weighted by Gasteiger charge is 2.29. The van der Waals surface area contributed by atoms with E-state index in [-0.39, 0.29) is 18.1 Å². The second-order valence-corrected chi connectivity index (χ2v) is 6.89. The first kappa shape index (κ1) is 19.0. The number of ether oxygens (including phenoxy) is 1. The highest BCUT2D eigenvalue weighted by molar-refractivity contribution is 5.82. The van der Waals surface area contributed by atoms with Crippen molar-refractivity contribution in [1.82, 2.24) is 10.6 Å². The predicted molar refractivity (Wildman–Crippen MR) is 108 cm³/mol. The Balaban J connectivity index is 1.84. The summed E-state index contributed by atoms with van der Waals surface area (Å²) in [6, 6.07) is 19.9. The van der Waals surface area contributed by atoms with Gasteiger partial charge in [-0.25, -0.2) is 0 Å². The zero-order valence-electron chi connectivity index (χ0n) is 16.1. The molecule has 1 heterocycles. The van der Waals surface area contributed by atoms with Crippen LogP contribution in [0.5, 0.6) is 0 Å². The Kier molecular flexibility index (Phi) is 6.53. The van der Waals surface area contributed by atoms with E-state index in [4.69, 9.17) is 4.74 Å². The van der Waals surface area contributed by atoms with Gasteiger partial charge in [-0.1, -0.05) is 87.4 Å². The Bertz CT molecular complexity index is 765. The van der Waals surface area contributed by atoms with Crippen LogP contribution >= 0.6 is 0 Å². The second-order valence-electron chi connectivity index (χ2n) is 6.89. The van der Waals surface area contributed by atoms with Gasteiger partial charge in [-0.05, 0) is 12.8 Å². The normalized spacial score (nSPS) is 16.2. The number of carbonyl (C=O) groups excluding carboxylic acids is 1. The molecule has 1 atom stereocenters. The van der Waals surface area contributed by atoms with Crippen LogP contribution in [0.25, 0.3) is 5.70 Å².